The summed E-state index contributed by atoms with van der Waals surface area (Å²) in [6.45, 7) is -0.375. The molecule has 0 aliphatic carbocycles. The Morgan fingerprint density at radius 2 is 1.76 bits per heavy atom. The summed E-state index contributed by atoms with van der Waals surface area (Å²) in [5, 5.41) is 0. The first kappa shape index (κ1) is 24.6. The van der Waals surface area contributed by atoms with Crippen LogP contribution in [0, 0.1) is 17.5 Å². The van der Waals surface area contributed by atoms with E-state index in [1.165, 1.54) is 19.0 Å². The summed E-state index contributed by atoms with van der Waals surface area (Å²) in [5.74, 6) is -5.11. The molecule has 3 rings (SSSR count). The number of rotatable bonds is 5. The molecule has 1 aliphatic rings. The van der Waals surface area contributed by atoms with Crippen LogP contribution in [0.2, 0.25) is 0 Å². The van der Waals surface area contributed by atoms with Gasteiger partial charge in [0.05, 0.1) is 6.54 Å². The van der Waals surface area contributed by atoms with E-state index in [4.69, 9.17) is 5.73 Å². The van der Waals surface area contributed by atoms with Gasteiger partial charge in [0, 0.05) is 45.7 Å². The number of alkyl halides is 3. The van der Waals surface area contributed by atoms with E-state index in [1.54, 1.807) is 0 Å². The summed E-state index contributed by atoms with van der Waals surface area (Å²) < 4.78 is 81.7. The Morgan fingerprint density at radius 3 is 2.36 bits per heavy atom. The maximum absolute atomic E-state index is 13.8. The van der Waals surface area contributed by atoms with Gasteiger partial charge in [-0.15, -0.1) is 0 Å². The van der Waals surface area contributed by atoms with Gasteiger partial charge in [-0.1, -0.05) is 0 Å². The Morgan fingerprint density at radius 1 is 1.12 bits per heavy atom. The van der Waals surface area contributed by atoms with Crippen LogP contribution >= 0.6 is 0 Å². The molecule has 7 nitrogen and oxygen atoms in total. The summed E-state index contributed by atoms with van der Waals surface area (Å²) in [4.78, 5) is 30.8. The lowest BCUT2D eigenvalue weighted by molar-refractivity contribution is -0.141. The summed E-state index contributed by atoms with van der Waals surface area (Å²) in [7, 11) is 2.64. The van der Waals surface area contributed by atoms with Crippen LogP contribution in [-0.4, -0.2) is 57.8 Å². The first-order valence-corrected chi connectivity index (χ1v) is 9.84. The molecule has 33 heavy (non-hydrogen) atoms. The zero-order valence-corrected chi connectivity index (χ0v) is 17.7. The number of amides is 2. The molecular formula is C20H21F6N5O2. The van der Waals surface area contributed by atoms with Crippen LogP contribution in [0.4, 0.5) is 26.3 Å². The van der Waals surface area contributed by atoms with Crippen molar-refractivity contribution in [2.24, 2.45) is 5.73 Å². The van der Waals surface area contributed by atoms with Crippen LogP contribution in [0.25, 0.3) is 0 Å². The van der Waals surface area contributed by atoms with Crippen LogP contribution in [0.1, 0.15) is 34.0 Å². The molecule has 1 aromatic carbocycles. The van der Waals surface area contributed by atoms with Crippen molar-refractivity contribution < 1.29 is 35.9 Å². The van der Waals surface area contributed by atoms with Gasteiger partial charge in [0.15, 0.2) is 17.3 Å². The zero-order chi connectivity index (χ0) is 24.7. The van der Waals surface area contributed by atoms with Gasteiger partial charge in [-0.25, -0.2) is 18.2 Å². The number of hydrogen-bond donors (Lipinski definition) is 1. The van der Waals surface area contributed by atoms with E-state index in [0.29, 0.717) is 12.1 Å². The standard InChI is InChI=1S/C20H21F6N5O2/c1-29(2)19(33)17-18(20(24,25)26)28-15-9-30(3-4-31(15)17)16(32)7-11(27)5-10-6-13(22)14(23)8-12(10)21/h6,8,11H,3-5,7,9,27H2,1-2H3/t11-/m0/s1. The van der Waals surface area contributed by atoms with Gasteiger partial charge in [0.1, 0.15) is 17.3 Å². The molecule has 1 aromatic heterocycles. The highest BCUT2D eigenvalue weighted by Crippen LogP contribution is 2.33. The second-order valence-corrected chi connectivity index (χ2v) is 7.92. The zero-order valence-electron chi connectivity index (χ0n) is 17.7. The average Bonchev–Trinajstić information content (AvgIpc) is 3.10. The van der Waals surface area contributed by atoms with Crippen molar-refractivity contribution in [3.8, 4) is 0 Å². The van der Waals surface area contributed by atoms with Crippen LogP contribution in [0.15, 0.2) is 12.1 Å². The number of nitrogens with two attached hydrogens (primary N) is 1. The number of fused-ring (bicyclic) bond motifs is 1. The lowest BCUT2D eigenvalue weighted by Crippen LogP contribution is -2.42. The van der Waals surface area contributed by atoms with Gasteiger partial charge in [0.25, 0.3) is 5.91 Å². The number of hydrogen-bond acceptors (Lipinski definition) is 4. The molecule has 0 spiro atoms. The van der Waals surface area contributed by atoms with Gasteiger partial charge in [0.2, 0.25) is 5.91 Å². The molecule has 2 heterocycles. The molecule has 13 heteroatoms. The summed E-state index contributed by atoms with van der Waals surface area (Å²) in [6.07, 6.45) is -5.43. The highest BCUT2D eigenvalue weighted by molar-refractivity contribution is 5.94. The molecule has 2 amide bonds. The Balaban J connectivity index is 1.75. The number of carbonyl (C=O) groups excluding carboxylic acids is 2. The van der Waals surface area contributed by atoms with Crippen molar-refractivity contribution in [2.75, 3.05) is 20.6 Å². The fourth-order valence-electron chi connectivity index (χ4n) is 3.60. The third-order valence-corrected chi connectivity index (χ3v) is 5.21. The first-order valence-electron chi connectivity index (χ1n) is 9.84. The van der Waals surface area contributed by atoms with Crippen molar-refractivity contribution in [3.05, 3.63) is 52.4 Å². The van der Waals surface area contributed by atoms with E-state index in [0.717, 1.165) is 9.47 Å². The Bertz CT molecular complexity index is 1080. The van der Waals surface area contributed by atoms with Gasteiger partial charge in [-0.05, 0) is 18.1 Å². The molecule has 0 saturated heterocycles. The molecule has 180 valence electrons. The minimum Gasteiger partial charge on any atom is -0.343 e. The molecule has 2 aromatic rings. The lowest BCUT2D eigenvalue weighted by Gasteiger charge is -2.29. The average molecular weight is 477 g/mol. The Labute approximate surface area is 184 Å². The number of benzene rings is 1. The van der Waals surface area contributed by atoms with Crippen LogP contribution in [0.5, 0.6) is 0 Å². The fraction of sp³-hybridized carbons (Fsp3) is 0.450. The minimum atomic E-state index is -4.86. The van der Waals surface area contributed by atoms with Crippen LogP contribution < -0.4 is 5.73 Å². The van der Waals surface area contributed by atoms with Gasteiger partial charge < -0.3 is 20.1 Å². The number of carbonyl (C=O) groups is 2. The predicted molar refractivity (Wildman–Crippen MR) is 103 cm³/mol. The molecule has 0 fully saturated rings. The van der Waals surface area contributed by atoms with Crippen molar-refractivity contribution in [3.63, 3.8) is 0 Å². The smallest absolute Gasteiger partial charge is 0.343 e. The second kappa shape index (κ2) is 9.04. The maximum atomic E-state index is 13.8. The van der Waals surface area contributed by atoms with E-state index in [9.17, 15) is 35.9 Å². The number of aromatic nitrogens is 2. The van der Waals surface area contributed by atoms with Gasteiger partial charge in [-0.2, -0.15) is 13.2 Å². The molecule has 1 atom stereocenters. The Kier molecular flexibility index (Phi) is 6.73. The monoisotopic (exact) mass is 477 g/mol. The molecule has 1 aliphatic heterocycles. The molecule has 0 unspecified atom stereocenters. The number of nitrogens with zero attached hydrogens (tertiary/aromatic N) is 4. The topological polar surface area (TPSA) is 84.5 Å². The highest BCUT2D eigenvalue weighted by Gasteiger charge is 2.42. The molecule has 0 saturated carbocycles. The van der Waals surface area contributed by atoms with E-state index >= 15 is 0 Å². The first-order chi connectivity index (χ1) is 15.3. The minimum absolute atomic E-state index is 0.000539. The van der Waals surface area contributed by atoms with E-state index in [2.05, 4.69) is 4.98 Å². The lowest BCUT2D eigenvalue weighted by atomic mass is 10.0. The Hall–Kier alpha value is -3.09. The number of imidazole rings is 1. The third kappa shape index (κ3) is 5.13. The van der Waals surface area contributed by atoms with Crippen molar-refractivity contribution in [1.29, 1.82) is 0 Å². The van der Waals surface area contributed by atoms with Crippen molar-refractivity contribution in [1.82, 2.24) is 19.4 Å². The normalized spacial score (nSPS) is 14.8. The van der Waals surface area contributed by atoms with E-state index < -0.39 is 52.9 Å². The van der Waals surface area contributed by atoms with Crippen LogP contribution in [0.3, 0.4) is 0 Å². The van der Waals surface area contributed by atoms with Gasteiger partial charge >= 0.3 is 6.18 Å². The molecule has 0 bridgehead atoms. The van der Waals surface area contributed by atoms with Crippen molar-refractivity contribution in [2.45, 2.75) is 38.1 Å². The summed E-state index contributed by atoms with van der Waals surface area (Å²) in [6, 6.07) is 0.0959. The van der Waals surface area contributed by atoms with E-state index in [-0.39, 0.29) is 43.9 Å². The van der Waals surface area contributed by atoms with Crippen molar-refractivity contribution >= 4 is 11.8 Å². The van der Waals surface area contributed by atoms with Gasteiger partial charge in [-0.3, -0.25) is 9.59 Å². The molecule has 0 radical (unpaired) electrons. The predicted octanol–water partition coefficient (Wildman–Crippen LogP) is 2.32. The second-order valence-electron chi connectivity index (χ2n) is 7.92. The fourth-order valence-corrected chi connectivity index (χ4v) is 3.60. The molecular weight excluding hydrogens is 456 g/mol. The highest BCUT2D eigenvalue weighted by atomic mass is 19.4. The largest absolute Gasteiger partial charge is 0.435 e. The SMILES string of the molecule is CN(C)C(=O)c1c(C(F)(F)F)nc2n1CCN(C(=O)C[C@@H](N)Cc1cc(F)c(F)cc1F)C2. The van der Waals surface area contributed by atoms with E-state index in [1.807, 2.05) is 0 Å². The quantitative estimate of drug-likeness (QED) is 0.529. The third-order valence-electron chi connectivity index (χ3n) is 5.21. The molecule has 2 N–H and O–H groups in total. The summed E-state index contributed by atoms with van der Waals surface area (Å²) in [5.41, 5.74) is 3.75. The maximum Gasteiger partial charge on any atom is 0.435 e. The number of halogens is 6. The van der Waals surface area contributed by atoms with Crippen LogP contribution in [-0.2, 0) is 30.5 Å². The summed E-state index contributed by atoms with van der Waals surface area (Å²) >= 11 is 0.